The van der Waals surface area contributed by atoms with E-state index in [2.05, 4.69) is 21.9 Å². The number of amides is 4. The standard InChI is InChI=1S/C27H36N4O5S.C27H33N3O4S/c1-17(22(32)12-10-20-11-13-23(37-20)24(28)30-35)29-25(33)21-16-19(18-8-6-5-7-9-18)14-15-31(21)26(34)36-27(2,3)4;1-18(24(31)13-12-21-10-11-22(17-28)35-21)29-25(32)23-16-20(19-8-6-5-7-9-19)14-15-30(23)26(33)34-27(2,3)4/h5-9,11,13,17,19,21,35H,10,12,14-16H2,1-4H3,(H2,28,30)(H,29,33);5-11,18,20,23H,12-16H2,1-4H3,(H,29,32)/t17-,19-,21+;18-,20-,23+/m00/s1. The predicted octanol–water partition coefficient (Wildman–Crippen LogP) is 8.84. The number of oxime groups is 1. The first-order chi connectivity index (χ1) is 34.0. The lowest BCUT2D eigenvalue weighted by atomic mass is 9.85. The molecule has 0 unspecified atom stereocenters. The van der Waals surface area contributed by atoms with Crippen LogP contribution in [0.3, 0.4) is 0 Å². The first kappa shape index (κ1) is 56.3. The van der Waals surface area contributed by atoms with Gasteiger partial charge in [-0.3, -0.25) is 29.0 Å². The molecule has 4 amide bonds. The molecule has 18 heteroatoms. The number of aryl methyl sites for hydroxylation is 2. The molecule has 72 heavy (non-hydrogen) atoms. The molecule has 2 aliphatic rings. The number of carbonyl (C=O) groups excluding carboxylic acids is 6. The highest BCUT2D eigenvalue weighted by atomic mass is 32.1. The van der Waals surface area contributed by atoms with E-state index in [0.29, 0.717) is 48.5 Å². The van der Waals surface area contributed by atoms with Gasteiger partial charge in [0.2, 0.25) is 11.8 Å². The van der Waals surface area contributed by atoms with Crippen LogP contribution >= 0.6 is 22.7 Å². The van der Waals surface area contributed by atoms with Gasteiger partial charge in [-0.05, 0) is 141 Å². The molecule has 4 heterocycles. The van der Waals surface area contributed by atoms with Crippen molar-refractivity contribution in [2.75, 3.05) is 13.1 Å². The molecule has 0 radical (unpaired) electrons. The molecule has 2 aliphatic heterocycles. The van der Waals surface area contributed by atoms with E-state index >= 15 is 0 Å². The minimum Gasteiger partial charge on any atom is -0.444 e. The third-order valence-corrected chi connectivity index (χ3v) is 14.5. The van der Waals surface area contributed by atoms with E-state index in [1.165, 1.54) is 32.5 Å². The number of likely N-dealkylation sites (tertiary alicyclic amines) is 2. The minimum absolute atomic E-state index is 0.0269. The van der Waals surface area contributed by atoms with E-state index < -0.39 is 47.6 Å². The maximum atomic E-state index is 13.4. The Bertz CT molecular complexity index is 2560. The molecule has 0 bridgehead atoms. The molecule has 6 atom stereocenters. The van der Waals surface area contributed by atoms with Crippen molar-refractivity contribution in [3.05, 3.63) is 116 Å². The number of hydrogen-bond donors (Lipinski definition) is 4. The summed E-state index contributed by atoms with van der Waals surface area (Å²) < 4.78 is 11.1. The molecule has 2 saturated heterocycles. The van der Waals surface area contributed by atoms with Crippen LogP contribution in [0.25, 0.3) is 0 Å². The van der Waals surface area contributed by atoms with Crippen LogP contribution in [0, 0.1) is 11.3 Å². The Morgan fingerprint density at radius 1 is 0.694 bits per heavy atom. The molecule has 2 aromatic carbocycles. The zero-order valence-corrected chi connectivity index (χ0v) is 44.1. The largest absolute Gasteiger partial charge is 0.444 e. The second-order valence-corrected chi connectivity index (χ2v) is 22.5. The fourth-order valence-corrected chi connectivity index (χ4v) is 10.2. The van der Waals surface area contributed by atoms with Crippen LogP contribution in [0.15, 0.2) is 90.1 Å². The molecule has 6 rings (SSSR count). The summed E-state index contributed by atoms with van der Waals surface area (Å²) in [7, 11) is 0. The van der Waals surface area contributed by atoms with Crippen molar-refractivity contribution in [3.8, 4) is 6.07 Å². The normalized spacial score (nSPS) is 19.1. The summed E-state index contributed by atoms with van der Waals surface area (Å²) in [4.78, 5) is 84.2. The second kappa shape index (κ2) is 25.7. The summed E-state index contributed by atoms with van der Waals surface area (Å²) in [5.74, 6) is -0.651. The third-order valence-electron chi connectivity index (χ3n) is 12.3. The lowest BCUT2D eigenvalue weighted by Gasteiger charge is -2.39. The summed E-state index contributed by atoms with van der Waals surface area (Å²) in [6.45, 7) is 14.9. The Balaban J connectivity index is 0.000000268. The smallest absolute Gasteiger partial charge is 0.410 e. The lowest BCUT2D eigenvalue weighted by Crippen LogP contribution is -2.56. The maximum absolute atomic E-state index is 13.4. The third kappa shape index (κ3) is 16.8. The Morgan fingerprint density at radius 3 is 1.50 bits per heavy atom. The number of nitrogens with two attached hydrogens (primary N) is 1. The molecule has 4 aromatic rings. The van der Waals surface area contributed by atoms with Gasteiger partial charge in [-0.15, -0.1) is 22.7 Å². The van der Waals surface area contributed by atoms with Crippen molar-refractivity contribution < 1.29 is 43.4 Å². The minimum atomic E-state index is -0.746. The first-order valence-corrected chi connectivity index (χ1v) is 26.0. The molecule has 2 aromatic heterocycles. The zero-order chi connectivity index (χ0) is 52.8. The van der Waals surface area contributed by atoms with Crippen molar-refractivity contribution >= 4 is 64.1 Å². The van der Waals surface area contributed by atoms with E-state index in [9.17, 15) is 28.8 Å². The lowest BCUT2D eigenvalue weighted by molar-refractivity contribution is -0.132. The van der Waals surface area contributed by atoms with E-state index in [1.54, 1.807) is 67.5 Å². The average Bonchev–Trinajstić information content (AvgIpc) is 4.04. The average molecular weight is 1020 g/mol. The highest BCUT2D eigenvalue weighted by Gasteiger charge is 2.41. The van der Waals surface area contributed by atoms with Gasteiger partial charge < -0.3 is 31.0 Å². The molecule has 2 fully saturated rings. The Hall–Kier alpha value is -6.58. The molecular formula is C54H69N7O9S2. The molecule has 0 spiro atoms. The number of ether oxygens (including phenoxy) is 2. The molecule has 5 N–H and O–H groups in total. The number of nitriles is 1. The van der Waals surface area contributed by atoms with Crippen LogP contribution in [-0.2, 0) is 41.5 Å². The summed E-state index contributed by atoms with van der Waals surface area (Å²) in [5, 5.41) is 26.4. The summed E-state index contributed by atoms with van der Waals surface area (Å²) in [6, 6.07) is 26.3. The fraction of sp³-hybridized carbons (Fsp3) is 0.481. The fourth-order valence-electron chi connectivity index (χ4n) is 8.54. The number of rotatable bonds is 15. The summed E-state index contributed by atoms with van der Waals surface area (Å²) in [6.07, 6.45) is 2.80. The van der Waals surface area contributed by atoms with Crippen LogP contribution in [0.4, 0.5) is 9.59 Å². The molecule has 0 saturated carbocycles. The van der Waals surface area contributed by atoms with Gasteiger partial charge in [0.05, 0.1) is 17.0 Å². The van der Waals surface area contributed by atoms with Gasteiger partial charge >= 0.3 is 12.2 Å². The van der Waals surface area contributed by atoms with Crippen molar-refractivity contribution in [3.63, 3.8) is 0 Å². The van der Waals surface area contributed by atoms with Crippen molar-refractivity contribution in [1.29, 1.82) is 5.26 Å². The number of benzene rings is 2. The SMILES string of the molecule is C[C@H](NC(=O)[C@H]1C[C@@H](c2ccccc2)CCN1C(=O)OC(C)(C)C)C(=O)CCc1ccc(/C(N)=N/O)s1.C[C@H](NC(=O)[C@H]1C[C@@H](c2ccccc2)CCN1C(=O)OC(C)(C)C)C(=O)CCc1ccc(C#N)s1. The molecule has 16 nitrogen and oxygen atoms in total. The van der Waals surface area contributed by atoms with Crippen molar-refractivity contribution in [2.24, 2.45) is 10.9 Å². The zero-order valence-electron chi connectivity index (χ0n) is 42.5. The van der Waals surface area contributed by atoms with E-state index in [-0.39, 0.29) is 53.9 Å². The van der Waals surface area contributed by atoms with Crippen molar-refractivity contribution in [2.45, 2.75) is 154 Å². The highest BCUT2D eigenvalue weighted by molar-refractivity contribution is 7.14. The quantitative estimate of drug-likeness (QED) is 0.0380. The number of ketones is 2. The number of carbonyl (C=O) groups is 6. The molecule has 386 valence electrons. The number of nitrogens with zero attached hydrogens (tertiary/aromatic N) is 4. The van der Waals surface area contributed by atoms with Gasteiger partial charge in [0.15, 0.2) is 17.4 Å². The number of Topliss-reactive ketones (excluding diaryl/α,β-unsaturated/α-hetero) is 2. The molecular weight excluding hydrogens is 955 g/mol. The number of amidine groups is 1. The van der Waals surface area contributed by atoms with Crippen LogP contribution in [-0.4, -0.2) is 105 Å². The Labute approximate surface area is 430 Å². The summed E-state index contributed by atoms with van der Waals surface area (Å²) in [5.41, 5.74) is 6.50. The molecule has 0 aliphatic carbocycles. The monoisotopic (exact) mass is 1020 g/mol. The van der Waals surface area contributed by atoms with Gasteiger partial charge in [0.1, 0.15) is 34.2 Å². The Kier molecular flexibility index (Phi) is 20.1. The first-order valence-electron chi connectivity index (χ1n) is 24.4. The topological polar surface area (TPSA) is 234 Å². The van der Waals surface area contributed by atoms with Gasteiger partial charge in [-0.25, -0.2) is 9.59 Å². The second-order valence-electron chi connectivity index (χ2n) is 20.2. The number of piperidine rings is 2. The van der Waals surface area contributed by atoms with Gasteiger partial charge in [-0.1, -0.05) is 65.8 Å². The number of thiophene rings is 2. The van der Waals surface area contributed by atoms with Gasteiger partial charge in [-0.2, -0.15) is 5.26 Å². The summed E-state index contributed by atoms with van der Waals surface area (Å²) >= 11 is 2.72. The van der Waals surface area contributed by atoms with Crippen LogP contribution in [0.5, 0.6) is 0 Å². The van der Waals surface area contributed by atoms with E-state index in [1.807, 2.05) is 72.8 Å². The van der Waals surface area contributed by atoms with E-state index in [4.69, 9.17) is 25.7 Å². The highest BCUT2D eigenvalue weighted by Crippen LogP contribution is 2.34. The van der Waals surface area contributed by atoms with Crippen LogP contribution in [0.1, 0.15) is 136 Å². The maximum Gasteiger partial charge on any atom is 0.410 e. The number of hydrogen-bond acceptors (Lipinski definition) is 13. The predicted molar refractivity (Wildman–Crippen MR) is 278 cm³/mol. The van der Waals surface area contributed by atoms with Gasteiger partial charge in [0.25, 0.3) is 0 Å². The van der Waals surface area contributed by atoms with Crippen LogP contribution < -0.4 is 16.4 Å². The number of nitrogens with one attached hydrogen (secondary N) is 2. The Morgan fingerprint density at radius 2 is 1.11 bits per heavy atom. The van der Waals surface area contributed by atoms with Gasteiger partial charge in [0, 0.05) is 35.7 Å². The van der Waals surface area contributed by atoms with Crippen LogP contribution in [0.2, 0.25) is 0 Å². The van der Waals surface area contributed by atoms with E-state index in [0.717, 1.165) is 33.7 Å². The van der Waals surface area contributed by atoms with Crippen molar-refractivity contribution in [1.82, 2.24) is 20.4 Å².